The Balaban J connectivity index is 4.61. The van der Waals surface area contributed by atoms with Gasteiger partial charge in [-0.3, -0.25) is 0 Å². The largest absolute Gasteiger partial charge is 0.372 e. The van der Waals surface area contributed by atoms with Crippen LogP contribution in [0.4, 0.5) is 0 Å². The van der Waals surface area contributed by atoms with Crippen molar-refractivity contribution in [2.75, 3.05) is 0 Å². The Hall–Kier alpha value is -0.0400. The van der Waals surface area contributed by atoms with Crippen LogP contribution < -0.4 is 0 Å². The molecule has 0 aromatic heterocycles. The lowest BCUT2D eigenvalue weighted by Gasteiger charge is -2.45. The van der Waals surface area contributed by atoms with Crippen molar-refractivity contribution in [1.82, 2.24) is 0 Å². The molecule has 86 valence electrons. The molecule has 0 fully saturated rings. The van der Waals surface area contributed by atoms with E-state index < -0.39 is 0 Å². The minimum absolute atomic E-state index is 0.0536. The van der Waals surface area contributed by atoms with Crippen molar-refractivity contribution >= 4 is 0 Å². The summed E-state index contributed by atoms with van der Waals surface area (Å²) >= 11 is 0. The minimum Gasteiger partial charge on any atom is -0.372 e. The van der Waals surface area contributed by atoms with Crippen molar-refractivity contribution in [3.63, 3.8) is 0 Å². The summed E-state index contributed by atoms with van der Waals surface area (Å²) in [6.45, 7) is 19.9. The van der Waals surface area contributed by atoms with E-state index in [1.54, 1.807) is 0 Å². The molecule has 0 aliphatic heterocycles. The number of rotatable bonds is 2. The SMILES string of the molecule is CC(OC(C)(C)C)C(C)(C)C(C)(C)C. The molecule has 0 rings (SSSR count). The first kappa shape index (κ1) is 14.0. The Bertz CT molecular complexity index is 178. The van der Waals surface area contributed by atoms with Gasteiger partial charge in [0.25, 0.3) is 0 Å². The molecule has 0 aromatic rings. The fourth-order valence-electron chi connectivity index (χ4n) is 1.29. The molecule has 0 bridgehead atoms. The van der Waals surface area contributed by atoms with Gasteiger partial charge in [0.2, 0.25) is 0 Å². The van der Waals surface area contributed by atoms with Crippen molar-refractivity contribution in [3.05, 3.63) is 0 Å². The van der Waals surface area contributed by atoms with Crippen molar-refractivity contribution in [2.45, 2.75) is 74.0 Å². The lowest BCUT2D eigenvalue weighted by molar-refractivity contribution is -0.129. The van der Waals surface area contributed by atoms with Crippen LogP contribution >= 0.6 is 0 Å². The van der Waals surface area contributed by atoms with Crippen LogP contribution in [0.25, 0.3) is 0 Å². The molecule has 0 heterocycles. The van der Waals surface area contributed by atoms with E-state index in [9.17, 15) is 0 Å². The molecule has 1 nitrogen and oxygen atoms in total. The van der Waals surface area contributed by atoms with Crippen LogP contribution in [0.1, 0.15) is 62.3 Å². The Morgan fingerprint density at radius 1 is 0.786 bits per heavy atom. The van der Waals surface area contributed by atoms with E-state index in [2.05, 4.69) is 62.3 Å². The molecular formula is C13H28O. The van der Waals surface area contributed by atoms with Crippen molar-refractivity contribution < 1.29 is 4.74 Å². The predicted octanol–water partition coefficient (Wildman–Crippen LogP) is 4.26. The summed E-state index contributed by atoms with van der Waals surface area (Å²) in [6, 6.07) is 0. The van der Waals surface area contributed by atoms with Gasteiger partial charge in [0, 0.05) is 0 Å². The predicted molar refractivity (Wildman–Crippen MR) is 63.5 cm³/mol. The molecule has 0 amide bonds. The molecule has 0 aliphatic rings. The maximum atomic E-state index is 6.03. The first-order valence-electron chi connectivity index (χ1n) is 5.56. The highest BCUT2D eigenvalue weighted by Gasteiger charge is 2.39. The third kappa shape index (κ3) is 3.61. The molecule has 0 aromatic carbocycles. The van der Waals surface area contributed by atoms with E-state index in [4.69, 9.17) is 4.74 Å². The smallest absolute Gasteiger partial charge is 0.0610 e. The maximum Gasteiger partial charge on any atom is 0.0610 e. The number of ether oxygens (including phenoxy) is 1. The quantitative estimate of drug-likeness (QED) is 0.647. The average Bonchev–Trinajstić information content (AvgIpc) is 1.80. The van der Waals surface area contributed by atoms with Gasteiger partial charge in [-0.2, -0.15) is 0 Å². The van der Waals surface area contributed by atoms with E-state index in [-0.39, 0.29) is 22.5 Å². The number of hydrogen-bond acceptors (Lipinski definition) is 1. The van der Waals surface area contributed by atoms with Crippen LogP contribution in [0.5, 0.6) is 0 Å². The van der Waals surface area contributed by atoms with Crippen molar-refractivity contribution in [2.24, 2.45) is 10.8 Å². The van der Waals surface area contributed by atoms with Crippen LogP contribution in [0.2, 0.25) is 0 Å². The summed E-state index contributed by atoms with van der Waals surface area (Å²) in [5.41, 5.74) is 0.389. The molecule has 0 aliphatic carbocycles. The lowest BCUT2D eigenvalue weighted by Crippen LogP contribution is -2.43. The fourth-order valence-corrected chi connectivity index (χ4v) is 1.29. The van der Waals surface area contributed by atoms with Crippen LogP contribution in [0.3, 0.4) is 0 Å². The van der Waals surface area contributed by atoms with E-state index >= 15 is 0 Å². The second-order valence-corrected chi connectivity index (χ2v) is 6.84. The van der Waals surface area contributed by atoms with Gasteiger partial charge in [-0.1, -0.05) is 34.6 Å². The molecule has 1 unspecified atom stereocenters. The number of hydrogen-bond donors (Lipinski definition) is 0. The molecule has 0 saturated heterocycles. The van der Waals surface area contributed by atoms with Crippen LogP contribution in [-0.4, -0.2) is 11.7 Å². The summed E-state index contributed by atoms with van der Waals surface area (Å²) in [5, 5.41) is 0. The molecule has 0 radical (unpaired) electrons. The average molecular weight is 200 g/mol. The van der Waals surface area contributed by atoms with Gasteiger partial charge in [-0.05, 0) is 38.5 Å². The third-order valence-corrected chi connectivity index (χ3v) is 3.48. The molecule has 0 N–H and O–H groups in total. The molecule has 1 atom stereocenters. The first-order valence-corrected chi connectivity index (χ1v) is 5.56. The molecule has 14 heavy (non-hydrogen) atoms. The van der Waals surface area contributed by atoms with Gasteiger partial charge >= 0.3 is 0 Å². The van der Waals surface area contributed by atoms with E-state index in [1.807, 2.05) is 0 Å². The standard InChI is InChI=1S/C13H28O/c1-10(14-12(5,6)7)13(8,9)11(2,3)4/h10H,1-9H3. The molecule has 0 saturated carbocycles. The van der Waals surface area contributed by atoms with Gasteiger partial charge in [0.05, 0.1) is 11.7 Å². The highest BCUT2D eigenvalue weighted by molar-refractivity contribution is 4.88. The van der Waals surface area contributed by atoms with Gasteiger partial charge in [-0.25, -0.2) is 0 Å². The zero-order valence-corrected chi connectivity index (χ0v) is 11.5. The Kier molecular flexibility index (Phi) is 3.83. The Morgan fingerprint density at radius 2 is 1.14 bits per heavy atom. The Morgan fingerprint density at radius 3 is 1.36 bits per heavy atom. The normalized spacial score (nSPS) is 16.9. The van der Waals surface area contributed by atoms with E-state index in [0.717, 1.165) is 0 Å². The van der Waals surface area contributed by atoms with Crippen molar-refractivity contribution in [1.29, 1.82) is 0 Å². The van der Waals surface area contributed by atoms with Gasteiger partial charge < -0.3 is 4.74 Å². The zero-order valence-electron chi connectivity index (χ0n) is 11.5. The molecule has 1 heteroatoms. The third-order valence-electron chi connectivity index (χ3n) is 3.48. The van der Waals surface area contributed by atoms with Crippen LogP contribution in [0.15, 0.2) is 0 Å². The molecule has 0 spiro atoms. The highest BCUT2D eigenvalue weighted by atomic mass is 16.5. The zero-order chi connectivity index (χ0) is 11.8. The summed E-state index contributed by atoms with van der Waals surface area (Å²) < 4.78 is 6.03. The topological polar surface area (TPSA) is 9.23 Å². The fraction of sp³-hybridized carbons (Fsp3) is 1.00. The lowest BCUT2D eigenvalue weighted by atomic mass is 9.66. The summed E-state index contributed by atoms with van der Waals surface area (Å²) in [4.78, 5) is 0. The summed E-state index contributed by atoms with van der Waals surface area (Å²) in [5.74, 6) is 0. The van der Waals surface area contributed by atoms with Crippen LogP contribution in [0, 0.1) is 10.8 Å². The first-order chi connectivity index (χ1) is 5.88. The van der Waals surface area contributed by atoms with Crippen LogP contribution in [-0.2, 0) is 4.74 Å². The second kappa shape index (κ2) is 3.84. The summed E-state index contributed by atoms with van der Waals surface area (Å²) in [7, 11) is 0. The monoisotopic (exact) mass is 200 g/mol. The van der Waals surface area contributed by atoms with E-state index in [1.165, 1.54) is 0 Å². The second-order valence-electron chi connectivity index (χ2n) is 6.84. The van der Waals surface area contributed by atoms with E-state index in [0.29, 0.717) is 0 Å². The molecular weight excluding hydrogens is 172 g/mol. The van der Waals surface area contributed by atoms with Gasteiger partial charge in [-0.15, -0.1) is 0 Å². The minimum atomic E-state index is -0.0536. The maximum absolute atomic E-state index is 6.03. The highest BCUT2D eigenvalue weighted by Crippen LogP contribution is 2.42. The van der Waals surface area contributed by atoms with Crippen molar-refractivity contribution in [3.8, 4) is 0 Å². The summed E-state index contributed by atoms with van der Waals surface area (Å²) in [6.07, 6.45) is 0.266. The van der Waals surface area contributed by atoms with Gasteiger partial charge in [0.15, 0.2) is 0 Å². The van der Waals surface area contributed by atoms with Gasteiger partial charge in [0.1, 0.15) is 0 Å². The Labute approximate surface area is 90.2 Å².